The van der Waals surface area contributed by atoms with Crippen LogP contribution in [0.2, 0.25) is 0 Å². The predicted octanol–water partition coefficient (Wildman–Crippen LogP) is 3.81. The topological polar surface area (TPSA) is 53.2 Å². The zero-order valence-corrected chi connectivity index (χ0v) is 16.7. The highest BCUT2D eigenvalue weighted by Crippen LogP contribution is 2.65. The molecule has 3 aliphatic rings. The molecule has 3 fully saturated rings. The summed E-state index contributed by atoms with van der Waals surface area (Å²) in [5, 5.41) is 10.3. The lowest BCUT2D eigenvalue weighted by Gasteiger charge is -2.46. The molecule has 3 rings (SSSR count). The van der Waals surface area contributed by atoms with Crippen LogP contribution in [0.15, 0.2) is 0 Å². The lowest BCUT2D eigenvalue weighted by Crippen LogP contribution is -2.63. The first kappa shape index (κ1) is 18.0. The van der Waals surface area contributed by atoms with Crippen molar-refractivity contribution in [2.45, 2.75) is 104 Å². The number of carbonyl (C=O) groups is 1. The summed E-state index contributed by atoms with van der Waals surface area (Å²) in [5.41, 5.74) is 0.686. The number of nitrogens with one attached hydrogen (secondary N) is 3. The second-order valence-electron chi connectivity index (χ2n) is 10.8. The first-order valence-electron chi connectivity index (χ1n) is 9.71. The molecule has 1 heterocycles. The van der Waals surface area contributed by atoms with Gasteiger partial charge in [0.15, 0.2) is 0 Å². The zero-order valence-electron chi connectivity index (χ0n) is 16.7. The number of urea groups is 1. The highest BCUT2D eigenvalue weighted by Gasteiger charge is 2.61. The van der Waals surface area contributed by atoms with Crippen LogP contribution in [-0.2, 0) is 0 Å². The van der Waals surface area contributed by atoms with Gasteiger partial charge in [0.1, 0.15) is 0 Å². The number of amides is 2. The van der Waals surface area contributed by atoms with Gasteiger partial charge in [-0.15, -0.1) is 0 Å². The van der Waals surface area contributed by atoms with Gasteiger partial charge in [0.2, 0.25) is 0 Å². The third kappa shape index (κ3) is 2.95. The lowest BCUT2D eigenvalue weighted by molar-refractivity contribution is 0.119. The SMILES string of the molecule is CC1(C)CC(NC(=O)N[C@H]2C[C@H]3CC[C@@]2(C)C3(C)C)CC(C)(C)N1. The van der Waals surface area contributed by atoms with Gasteiger partial charge >= 0.3 is 6.03 Å². The van der Waals surface area contributed by atoms with Gasteiger partial charge in [0.25, 0.3) is 0 Å². The molecule has 2 bridgehead atoms. The van der Waals surface area contributed by atoms with E-state index in [1.54, 1.807) is 0 Å². The van der Waals surface area contributed by atoms with Gasteiger partial charge in [-0.3, -0.25) is 0 Å². The predicted molar refractivity (Wildman–Crippen MR) is 99.0 cm³/mol. The molecular weight excluding hydrogens is 298 g/mol. The van der Waals surface area contributed by atoms with Crippen LogP contribution in [0.25, 0.3) is 0 Å². The van der Waals surface area contributed by atoms with Gasteiger partial charge in [-0.05, 0) is 76.5 Å². The minimum Gasteiger partial charge on any atom is -0.335 e. The van der Waals surface area contributed by atoms with E-state index < -0.39 is 0 Å². The maximum Gasteiger partial charge on any atom is 0.315 e. The maximum atomic E-state index is 12.7. The van der Waals surface area contributed by atoms with Crippen molar-refractivity contribution in [1.82, 2.24) is 16.0 Å². The van der Waals surface area contributed by atoms with Crippen LogP contribution in [0.3, 0.4) is 0 Å². The van der Waals surface area contributed by atoms with E-state index in [0.717, 1.165) is 25.2 Å². The molecule has 3 N–H and O–H groups in total. The molecule has 2 amide bonds. The smallest absolute Gasteiger partial charge is 0.315 e. The molecule has 3 atom stereocenters. The molecule has 0 aromatic carbocycles. The molecule has 0 unspecified atom stereocenters. The van der Waals surface area contributed by atoms with Gasteiger partial charge in [0.05, 0.1) is 0 Å². The molecule has 0 radical (unpaired) electrons. The van der Waals surface area contributed by atoms with Crippen molar-refractivity contribution in [3.05, 3.63) is 0 Å². The number of hydrogen-bond donors (Lipinski definition) is 3. The monoisotopic (exact) mass is 335 g/mol. The van der Waals surface area contributed by atoms with E-state index >= 15 is 0 Å². The Balaban J connectivity index is 1.61. The Morgan fingerprint density at radius 1 is 0.958 bits per heavy atom. The van der Waals surface area contributed by atoms with Crippen molar-refractivity contribution in [1.29, 1.82) is 0 Å². The summed E-state index contributed by atoms with van der Waals surface area (Å²) in [5.74, 6) is 0.754. The van der Waals surface area contributed by atoms with E-state index in [0.29, 0.717) is 11.5 Å². The summed E-state index contributed by atoms with van der Waals surface area (Å²) in [6.07, 6.45) is 5.64. The maximum absolute atomic E-state index is 12.7. The van der Waals surface area contributed by atoms with Crippen LogP contribution in [0.4, 0.5) is 4.79 Å². The van der Waals surface area contributed by atoms with Crippen molar-refractivity contribution in [2.24, 2.45) is 16.7 Å². The Hall–Kier alpha value is -0.770. The molecule has 24 heavy (non-hydrogen) atoms. The zero-order chi connectivity index (χ0) is 18.0. The Kier molecular flexibility index (Phi) is 4.03. The van der Waals surface area contributed by atoms with Crippen molar-refractivity contribution in [3.8, 4) is 0 Å². The highest BCUT2D eigenvalue weighted by atomic mass is 16.2. The van der Waals surface area contributed by atoms with Crippen molar-refractivity contribution in [2.75, 3.05) is 0 Å². The van der Waals surface area contributed by atoms with Crippen LogP contribution in [0.5, 0.6) is 0 Å². The molecule has 4 heteroatoms. The molecule has 0 spiro atoms. The van der Waals surface area contributed by atoms with Gasteiger partial charge in [-0.1, -0.05) is 20.8 Å². The van der Waals surface area contributed by atoms with Crippen molar-refractivity contribution < 1.29 is 4.79 Å². The number of carbonyl (C=O) groups excluding carboxylic acids is 1. The molecule has 1 saturated heterocycles. The fourth-order valence-electron chi connectivity index (χ4n) is 6.23. The van der Waals surface area contributed by atoms with E-state index in [9.17, 15) is 4.79 Å². The largest absolute Gasteiger partial charge is 0.335 e. The Bertz CT molecular complexity index is 509. The summed E-state index contributed by atoms with van der Waals surface area (Å²) >= 11 is 0. The summed E-state index contributed by atoms with van der Waals surface area (Å²) in [4.78, 5) is 12.7. The molecule has 2 saturated carbocycles. The van der Waals surface area contributed by atoms with Crippen LogP contribution >= 0.6 is 0 Å². The van der Waals surface area contributed by atoms with E-state index in [1.165, 1.54) is 12.8 Å². The number of hydrogen-bond acceptors (Lipinski definition) is 2. The molecule has 2 aliphatic carbocycles. The Labute approximate surface area is 147 Å². The lowest BCUT2D eigenvalue weighted by atomic mass is 9.69. The van der Waals surface area contributed by atoms with Gasteiger partial charge in [0, 0.05) is 23.2 Å². The van der Waals surface area contributed by atoms with Gasteiger partial charge in [-0.2, -0.15) is 0 Å². The minimum atomic E-state index is 0.0306. The fourth-order valence-corrected chi connectivity index (χ4v) is 6.23. The molecule has 0 aromatic heterocycles. The number of rotatable bonds is 2. The van der Waals surface area contributed by atoms with E-state index in [-0.39, 0.29) is 28.6 Å². The Morgan fingerprint density at radius 3 is 2.00 bits per heavy atom. The van der Waals surface area contributed by atoms with Gasteiger partial charge < -0.3 is 16.0 Å². The quantitative estimate of drug-likeness (QED) is 0.719. The average molecular weight is 336 g/mol. The van der Waals surface area contributed by atoms with Crippen LogP contribution < -0.4 is 16.0 Å². The van der Waals surface area contributed by atoms with Crippen molar-refractivity contribution >= 4 is 6.03 Å². The molecule has 0 aromatic rings. The summed E-state index contributed by atoms with van der Waals surface area (Å²) in [6.45, 7) is 16.0. The minimum absolute atomic E-state index is 0.0306. The molecular formula is C20H37N3O. The number of piperidine rings is 1. The van der Waals surface area contributed by atoms with E-state index in [2.05, 4.69) is 64.4 Å². The first-order valence-corrected chi connectivity index (χ1v) is 9.71. The standard InChI is InChI=1S/C20H37N3O/c1-17(2)11-14(12-18(3,4)23-17)21-16(24)22-15-10-13-8-9-20(15,7)19(13,5)6/h13-15,23H,8-12H2,1-7H3,(H2,21,22,24)/t13-,15+,20-/m1/s1. The Morgan fingerprint density at radius 2 is 1.54 bits per heavy atom. The summed E-state index contributed by atoms with van der Waals surface area (Å²) < 4.78 is 0. The fraction of sp³-hybridized carbons (Fsp3) is 0.950. The average Bonchev–Trinajstić information content (AvgIpc) is 2.67. The summed E-state index contributed by atoms with van der Waals surface area (Å²) in [6, 6.07) is 0.577. The second-order valence-corrected chi connectivity index (χ2v) is 10.8. The third-order valence-corrected chi connectivity index (χ3v) is 7.62. The van der Waals surface area contributed by atoms with Crippen molar-refractivity contribution in [3.63, 3.8) is 0 Å². The van der Waals surface area contributed by atoms with E-state index in [1.807, 2.05) is 0 Å². The number of fused-ring (bicyclic) bond motifs is 2. The molecule has 1 aliphatic heterocycles. The van der Waals surface area contributed by atoms with Crippen LogP contribution in [-0.4, -0.2) is 29.2 Å². The second kappa shape index (κ2) is 5.36. The van der Waals surface area contributed by atoms with Crippen LogP contribution in [0.1, 0.15) is 80.6 Å². The third-order valence-electron chi connectivity index (χ3n) is 7.62. The normalized spacial score (nSPS) is 39.6. The first-order chi connectivity index (χ1) is 10.8. The van der Waals surface area contributed by atoms with E-state index in [4.69, 9.17) is 0 Å². The van der Waals surface area contributed by atoms with Crippen LogP contribution in [0, 0.1) is 16.7 Å². The highest BCUT2D eigenvalue weighted by molar-refractivity contribution is 5.75. The summed E-state index contributed by atoms with van der Waals surface area (Å²) in [7, 11) is 0. The molecule has 138 valence electrons. The van der Waals surface area contributed by atoms with Gasteiger partial charge in [-0.25, -0.2) is 4.79 Å². The molecule has 4 nitrogen and oxygen atoms in total.